The lowest BCUT2D eigenvalue weighted by molar-refractivity contribution is -0.129. The molecule has 0 bridgehead atoms. The van der Waals surface area contributed by atoms with Crippen LogP contribution in [0.3, 0.4) is 0 Å². The van der Waals surface area contributed by atoms with Crippen LogP contribution in [0.1, 0.15) is 30.4 Å². The van der Waals surface area contributed by atoms with Crippen LogP contribution >= 0.6 is 11.8 Å². The van der Waals surface area contributed by atoms with Crippen LogP contribution in [-0.4, -0.2) is 41.7 Å². The van der Waals surface area contributed by atoms with Crippen molar-refractivity contribution in [2.75, 3.05) is 30.7 Å². The Bertz CT molecular complexity index is 1010. The van der Waals surface area contributed by atoms with Gasteiger partial charge in [0, 0.05) is 24.6 Å². The van der Waals surface area contributed by atoms with Crippen molar-refractivity contribution in [3.8, 4) is 11.8 Å². The third kappa shape index (κ3) is 4.41. The molecule has 1 atom stereocenters. The average Bonchev–Trinajstić information content (AvgIpc) is 2.80. The van der Waals surface area contributed by atoms with Gasteiger partial charge in [0.1, 0.15) is 5.75 Å². The summed E-state index contributed by atoms with van der Waals surface area (Å²) in [6.07, 6.45) is 0.912. The van der Waals surface area contributed by atoms with E-state index >= 15 is 0 Å². The molecule has 6 nitrogen and oxygen atoms in total. The lowest BCUT2D eigenvalue weighted by Crippen LogP contribution is -2.47. The molecule has 31 heavy (non-hydrogen) atoms. The molecule has 1 N–H and O–H groups in total. The minimum absolute atomic E-state index is 0.0296. The zero-order valence-corrected chi connectivity index (χ0v) is 18.3. The second kappa shape index (κ2) is 9.46. The number of aliphatic hydroxyl groups is 1. The highest BCUT2D eigenvalue weighted by molar-refractivity contribution is 8.03. The van der Waals surface area contributed by atoms with Crippen LogP contribution in [0, 0.1) is 11.3 Å². The maximum Gasteiger partial charge on any atom is 0.229 e. The van der Waals surface area contributed by atoms with Crippen molar-refractivity contribution in [2.45, 2.75) is 25.7 Å². The summed E-state index contributed by atoms with van der Waals surface area (Å²) in [5.41, 5.74) is 3.72. The molecule has 2 aromatic rings. The summed E-state index contributed by atoms with van der Waals surface area (Å²) in [6.45, 7) is 3.10. The van der Waals surface area contributed by atoms with Crippen molar-refractivity contribution in [1.82, 2.24) is 4.90 Å². The van der Waals surface area contributed by atoms with Gasteiger partial charge in [-0.05, 0) is 48.7 Å². The Morgan fingerprint density at radius 1 is 1.19 bits per heavy atom. The summed E-state index contributed by atoms with van der Waals surface area (Å²) >= 11 is 1.53. The van der Waals surface area contributed by atoms with Gasteiger partial charge in [-0.3, -0.25) is 9.69 Å². The molecule has 0 radical (unpaired) electrons. The molecule has 7 heteroatoms. The molecule has 160 valence electrons. The quantitative estimate of drug-likeness (QED) is 0.743. The summed E-state index contributed by atoms with van der Waals surface area (Å²) in [6, 6.07) is 18.1. The van der Waals surface area contributed by atoms with Gasteiger partial charge in [-0.1, -0.05) is 36.0 Å². The van der Waals surface area contributed by atoms with Gasteiger partial charge in [0.15, 0.2) is 0 Å². The molecule has 0 saturated carbocycles. The molecule has 2 aliphatic heterocycles. The van der Waals surface area contributed by atoms with E-state index in [-0.39, 0.29) is 24.9 Å². The number of nitrogens with zero attached hydrogens (tertiary/aromatic N) is 3. The summed E-state index contributed by atoms with van der Waals surface area (Å²) < 4.78 is 5.51. The first-order valence-electron chi connectivity index (χ1n) is 10.4. The molecule has 1 amide bonds. The van der Waals surface area contributed by atoms with Crippen molar-refractivity contribution in [3.63, 3.8) is 0 Å². The Hall–Kier alpha value is -2.95. The number of hydrogen-bond acceptors (Lipinski definition) is 6. The largest absolute Gasteiger partial charge is 0.494 e. The highest BCUT2D eigenvalue weighted by Gasteiger charge is 2.38. The van der Waals surface area contributed by atoms with Gasteiger partial charge in [-0.2, -0.15) is 5.26 Å². The fourth-order valence-corrected chi connectivity index (χ4v) is 5.14. The van der Waals surface area contributed by atoms with Crippen molar-refractivity contribution in [1.29, 1.82) is 5.26 Å². The van der Waals surface area contributed by atoms with Gasteiger partial charge in [-0.15, -0.1) is 0 Å². The maximum atomic E-state index is 13.0. The zero-order valence-electron chi connectivity index (χ0n) is 17.5. The highest BCUT2D eigenvalue weighted by Crippen LogP contribution is 2.43. The van der Waals surface area contributed by atoms with E-state index in [0.29, 0.717) is 31.1 Å². The number of hydrogen-bond donors (Lipinski definition) is 1. The number of amides is 1. The predicted octanol–water partition coefficient (Wildman–Crippen LogP) is 3.84. The number of thioether (sulfide) groups is 1. The second-order valence-corrected chi connectivity index (χ2v) is 8.44. The number of nitriles is 1. The van der Waals surface area contributed by atoms with E-state index < -0.39 is 0 Å². The van der Waals surface area contributed by atoms with Crippen molar-refractivity contribution in [3.05, 3.63) is 70.3 Å². The molecule has 1 fully saturated rings. The highest BCUT2D eigenvalue weighted by atomic mass is 32.2. The first-order valence-corrected chi connectivity index (χ1v) is 11.4. The molecule has 0 spiro atoms. The Balaban J connectivity index is 1.56. The number of rotatable bonds is 6. The van der Waals surface area contributed by atoms with Gasteiger partial charge in [0.25, 0.3) is 0 Å². The zero-order chi connectivity index (χ0) is 21.8. The lowest BCUT2D eigenvalue weighted by atomic mass is 9.86. The Morgan fingerprint density at radius 3 is 2.58 bits per heavy atom. The third-order valence-corrected chi connectivity index (χ3v) is 6.74. The number of carbonyl (C=O) groups excluding carboxylic acids is 1. The number of fused-ring (bicyclic) bond motifs is 1. The van der Waals surface area contributed by atoms with Crippen LogP contribution in [0.15, 0.2) is 59.1 Å². The van der Waals surface area contributed by atoms with Crippen molar-refractivity contribution in [2.24, 2.45) is 0 Å². The Kier molecular flexibility index (Phi) is 6.50. The van der Waals surface area contributed by atoms with Crippen LogP contribution in [0.25, 0.3) is 0 Å². The SMILES string of the molecule is CCOc1ccc([C@@H]2CC(=O)N3CN(c4ccc(CCO)cc4)CSC3=C2C#N)cc1. The minimum Gasteiger partial charge on any atom is -0.494 e. The van der Waals surface area contributed by atoms with Gasteiger partial charge in [0.2, 0.25) is 5.91 Å². The molecule has 0 aliphatic carbocycles. The molecule has 4 rings (SSSR count). The van der Waals surface area contributed by atoms with E-state index in [0.717, 1.165) is 27.6 Å². The average molecular weight is 436 g/mol. The fraction of sp³-hybridized carbons (Fsp3) is 0.333. The molecule has 1 saturated heterocycles. The number of aliphatic hydroxyl groups excluding tert-OH is 1. The summed E-state index contributed by atoms with van der Waals surface area (Å²) in [5.74, 6) is 1.26. The summed E-state index contributed by atoms with van der Waals surface area (Å²) in [5, 5.41) is 19.8. The standard InChI is InChI=1S/C24H25N3O3S/c1-2-30-20-9-5-18(6-10-20)21-13-23(29)27-15-26(16-31-24(27)22(21)14-25)19-7-3-17(4-8-19)11-12-28/h3-10,21,28H,2,11-13,15-16H2,1H3/t21-/m0/s1. The molecule has 0 unspecified atom stereocenters. The topological polar surface area (TPSA) is 76.8 Å². The number of ether oxygens (including phenoxy) is 1. The van der Waals surface area contributed by atoms with E-state index in [1.807, 2.05) is 55.5 Å². The third-order valence-electron chi connectivity index (χ3n) is 5.59. The van der Waals surface area contributed by atoms with E-state index in [4.69, 9.17) is 9.84 Å². The smallest absolute Gasteiger partial charge is 0.229 e. The van der Waals surface area contributed by atoms with Crippen LogP contribution in [-0.2, 0) is 11.2 Å². The summed E-state index contributed by atoms with van der Waals surface area (Å²) in [7, 11) is 0. The van der Waals surface area contributed by atoms with E-state index in [2.05, 4.69) is 11.0 Å². The van der Waals surface area contributed by atoms with Gasteiger partial charge in [0.05, 0.1) is 35.8 Å². The van der Waals surface area contributed by atoms with Crippen LogP contribution in [0.5, 0.6) is 5.75 Å². The number of allylic oxidation sites excluding steroid dienone is 1. The molecule has 2 aliphatic rings. The Labute approximate surface area is 186 Å². The van der Waals surface area contributed by atoms with Crippen molar-refractivity contribution < 1.29 is 14.6 Å². The number of carbonyl (C=O) groups is 1. The molecule has 2 aromatic carbocycles. The molecular formula is C24H25N3O3S. The molecular weight excluding hydrogens is 410 g/mol. The van der Waals surface area contributed by atoms with Crippen LogP contribution in [0.4, 0.5) is 5.69 Å². The lowest BCUT2D eigenvalue weighted by Gasteiger charge is -2.42. The van der Waals surface area contributed by atoms with E-state index in [1.165, 1.54) is 11.8 Å². The molecule has 2 heterocycles. The Morgan fingerprint density at radius 2 is 1.94 bits per heavy atom. The van der Waals surface area contributed by atoms with Crippen molar-refractivity contribution >= 4 is 23.4 Å². The fourth-order valence-electron chi connectivity index (χ4n) is 3.98. The second-order valence-electron chi connectivity index (χ2n) is 7.51. The number of benzene rings is 2. The minimum atomic E-state index is -0.226. The molecule has 0 aromatic heterocycles. The van der Waals surface area contributed by atoms with Crippen LogP contribution < -0.4 is 9.64 Å². The first-order chi connectivity index (χ1) is 15.1. The predicted molar refractivity (Wildman–Crippen MR) is 121 cm³/mol. The monoisotopic (exact) mass is 435 g/mol. The van der Waals surface area contributed by atoms with Gasteiger partial charge < -0.3 is 14.7 Å². The van der Waals surface area contributed by atoms with Crippen LogP contribution in [0.2, 0.25) is 0 Å². The van der Waals surface area contributed by atoms with E-state index in [9.17, 15) is 10.1 Å². The first kappa shape index (κ1) is 21.3. The van der Waals surface area contributed by atoms with E-state index in [1.54, 1.807) is 4.90 Å². The summed E-state index contributed by atoms with van der Waals surface area (Å²) in [4.78, 5) is 16.9. The normalized spacial score (nSPS) is 18.6. The number of anilines is 1. The van der Waals surface area contributed by atoms with Gasteiger partial charge in [-0.25, -0.2) is 0 Å². The maximum absolute atomic E-state index is 13.0. The van der Waals surface area contributed by atoms with Gasteiger partial charge >= 0.3 is 0 Å².